The van der Waals surface area contributed by atoms with Gasteiger partial charge in [0.2, 0.25) is 0 Å². The van der Waals surface area contributed by atoms with E-state index in [1.54, 1.807) is 29.1 Å². The molecule has 0 unspecified atom stereocenters. The molecule has 0 aliphatic heterocycles. The molecule has 4 aromatic rings. The number of hydrogen-bond donors (Lipinski definition) is 3. The SMILES string of the molecule is C=C(F)C(=O)Nc1ccc(-c2c(-c3cnc(C(=O)NCC(F)(F)F)c(F)c3)c3c(N)ncc(Br)c3n2C)cc1. The fourth-order valence-electron chi connectivity index (χ4n) is 4.00. The Hall–Kier alpha value is -4.33. The Bertz CT molecular complexity index is 1630. The van der Waals surface area contributed by atoms with E-state index >= 15 is 4.39 Å². The van der Waals surface area contributed by atoms with Crippen molar-refractivity contribution in [1.82, 2.24) is 19.9 Å². The third kappa shape index (κ3) is 5.60. The van der Waals surface area contributed by atoms with Crippen LogP contribution >= 0.6 is 15.9 Å². The smallest absolute Gasteiger partial charge is 0.383 e. The number of nitrogens with zero attached hydrogens (tertiary/aromatic N) is 3. The lowest BCUT2D eigenvalue weighted by Crippen LogP contribution is -2.34. The first-order chi connectivity index (χ1) is 18.3. The molecule has 3 aromatic heterocycles. The summed E-state index contributed by atoms with van der Waals surface area (Å²) < 4.78 is 67.8. The van der Waals surface area contributed by atoms with E-state index in [4.69, 9.17) is 5.73 Å². The highest BCUT2D eigenvalue weighted by molar-refractivity contribution is 9.10. The van der Waals surface area contributed by atoms with E-state index in [1.807, 2.05) is 0 Å². The van der Waals surface area contributed by atoms with Crippen LogP contribution in [0.5, 0.6) is 0 Å². The van der Waals surface area contributed by atoms with Crippen molar-refractivity contribution in [3.8, 4) is 22.4 Å². The standard InChI is InChI=1S/C25H18BrF5N6O2/c1-11(27)23(38)36-14-5-3-12(4-6-14)20-17(18-21(37(20)2)15(26)9-34-22(18)32)13-7-16(28)19(33-8-13)24(39)35-10-25(29,30)31/h3-9H,1,10H2,2H3,(H2,32,34)(H,35,39)(H,36,38). The van der Waals surface area contributed by atoms with Crippen molar-refractivity contribution >= 4 is 50.2 Å². The number of nitrogens with two attached hydrogens (primary N) is 1. The number of aryl methyl sites for hydroxylation is 1. The zero-order valence-corrected chi connectivity index (χ0v) is 21.5. The summed E-state index contributed by atoms with van der Waals surface area (Å²) in [4.78, 5) is 31.7. The van der Waals surface area contributed by atoms with Gasteiger partial charge in [-0.3, -0.25) is 9.59 Å². The number of anilines is 2. The molecule has 0 aliphatic carbocycles. The van der Waals surface area contributed by atoms with Gasteiger partial charge < -0.3 is 20.9 Å². The van der Waals surface area contributed by atoms with Crippen LogP contribution in [0.1, 0.15) is 10.5 Å². The van der Waals surface area contributed by atoms with Gasteiger partial charge in [-0.15, -0.1) is 0 Å². The van der Waals surface area contributed by atoms with Gasteiger partial charge in [0, 0.05) is 36.3 Å². The van der Waals surface area contributed by atoms with Crippen LogP contribution in [-0.2, 0) is 11.8 Å². The van der Waals surface area contributed by atoms with Gasteiger partial charge in [-0.2, -0.15) is 13.2 Å². The van der Waals surface area contributed by atoms with E-state index < -0.39 is 41.9 Å². The number of hydrogen-bond acceptors (Lipinski definition) is 5. The van der Waals surface area contributed by atoms with Crippen molar-refractivity contribution in [2.75, 3.05) is 17.6 Å². The van der Waals surface area contributed by atoms with Crippen molar-refractivity contribution in [1.29, 1.82) is 0 Å². The number of pyridine rings is 2. The summed E-state index contributed by atoms with van der Waals surface area (Å²) in [5.41, 5.74) is 7.88. The number of nitrogens with one attached hydrogen (secondary N) is 2. The largest absolute Gasteiger partial charge is 0.405 e. The van der Waals surface area contributed by atoms with Crippen molar-refractivity contribution in [2.24, 2.45) is 7.05 Å². The van der Waals surface area contributed by atoms with Crippen LogP contribution < -0.4 is 16.4 Å². The molecule has 1 aromatic carbocycles. The lowest BCUT2D eigenvalue weighted by molar-refractivity contribution is -0.123. The molecule has 2 amide bonds. The van der Waals surface area contributed by atoms with E-state index in [0.29, 0.717) is 32.2 Å². The Kier molecular flexibility index (Phi) is 7.41. The van der Waals surface area contributed by atoms with Gasteiger partial charge in [0.25, 0.3) is 11.8 Å². The van der Waals surface area contributed by atoms with Crippen molar-refractivity contribution in [2.45, 2.75) is 6.18 Å². The quantitative estimate of drug-likeness (QED) is 0.197. The van der Waals surface area contributed by atoms with Crippen molar-refractivity contribution in [3.63, 3.8) is 0 Å². The van der Waals surface area contributed by atoms with Crippen LogP contribution in [0, 0.1) is 5.82 Å². The van der Waals surface area contributed by atoms with Gasteiger partial charge in [0.05, 0.1) is 21.1 Å². The highest BCUT2D eigenvalue weighted by atomic mass is 79.9. The third-order valence-electron chi connectivity index (χ3n) is 5.65. The molecule has 4 rings (SSSR count). The molecule has 3 heterocycles. The molecule has 8 nitrogen and oxygen atoms in total. The minimum absolute atomic E-state index is 0.0998. The fourth-order valence-corrected chi connectivity index (χ4v) is 4.57. The Morgan fingerprint density at radius 3 is 2.38 bits per heavy atom. The summed E-state index contributed by atoms with van der Waals surface area (Å²) in [6.45, 7) is 1.30. The monoisotopic (exact) mass is 608 g/mol. The fraction of sp³-hybridized carbons (Fsp3) is 0.120. The molecule has 14 heteroatoms. The molecule has 39 heavy (non-hydrogen) atoms. The summed E-state index contributed by atoms with van der Waals surface area (Å²) in [5.74, 6) is -4.54. The number of fused-ring (bicyclic) bond motifs is 1. The second kappa shape index (κ2) is 10.4. The summed E-state index contributed by atoms with van der Waals surface area (Å²) in [6.07, 6.45) is -2.05. The Labute approximate surface area is 225 Å². The van der Waals surface area contributed by atoms with E-state index in [0.717, 1.165) is 12.3 Å². The normalized spacial score (nSPS) is 11.5. The molecule has 0 saturated carbocycles. The number of alkyl halides is 3. The molecule has 0 atom stereocenters. The first-order valence-corrected chi connectivity index (χ1v) is 11.8. The molecular weight excluding hydrogens is 591 g/mol. The molecule has 0 spiro atoms. The van der Waals surface area contributed by atoms with E-state index in [-0.39, 0.29) is 17.1 Å². The number of nitrogen functional groups attached to an aromatic ring is 1. The Balaban J connectivity index is 1.86. The van der Waals surface area contributed by atoms with Gasteiger partial charge in [-0.25, -0.2) is 18.7 Å². The zero-order valence-electron chi connectivity index (χ0n) is 20.0. The molecular formula is C25H18BrF5N6O2. The first kappa shape index (κ1) is 27.7. The summed E-state index contributed by atoms with van der Waals surface area (Å²) >= 11 is 3.44. The molecule has 202 valence electrons. The number of halogens is 6. The van der Waals surface area contributed by atoms with Crippen LogP contribution in [0.4, 0.5) is 33.5 Å². The average molecular weight is 609 g/mol. The topological polar surface area (TPSA) is 115 Å². The zero-order chi connectivity index (χ0) is 28.6. The Morgan fingerprint density at radius 2 is 1.79 bits per heavy atom. The molecule has 0 radical (unpaired) electrons. The summed E-state index contributed by atoms with van der Waals surface area (Å²) in [5, 5.41) is 4.35. The second-order valence-electron chi connectivity index (χ2n) is 8.29. The predicted octanol–water partition coefficient (Wildman–Crippen LogP) is 5.50. The molecule has 0 fully saturated rings. The number of amides is 2. The molecule has 0 aliphatic rings. The van der Waals surface area contributed by atoms with Crippen LogP contribution in [0.2, 0.25) is 0 Å². The van der Waals surface area contributed by atoms with Crippen LogP contribution in [0.25, 0.3) is 33.3 Å². The summed E-state index contributed by atoms with van der Waals surface area (Å²) in [6, 6.07) is 7.24. The van der Waals surface area contributed by atoms with E-state index in [2.05, 4.69) is 37.8 Å². The minimum Gasteiger partial charge on any atom is -0.383 e. The van der Waals surface area contributed by atoms with Gasteiger partial charge in [-0.1, -0.05) is 18.7 Å². The number of carbonyl (C=O) groups is 2. The van der Waals surface area contributed by atoms with E-state index in [1.165, 1.54) is 18.3 Å². The van der Waals surface area contributed by atoms with Gasteiger partial charge in [-0.05, 0) is 39.7 Å². The van der Waals surface area contributed by atoms with Gasteiger partial charge >= 0.3 is 6.18 Å². The number of aromatic nitrogens is 3. The maximum Gasteiger partial charge on any atom is 0.405 e. The molecule has 0 bridgehead atoms. The lowest BCUT2D eigenvalue weighted by atomic mass is 9.99. The van der Waals surface area contributed by atoms with Crippen LogP contribution in [0.15, 0.2) is 59.6 Å². The number of rotatable bonds is 6. The highest BCUT2D eigenvalue weighted by Gasteiger charge is 2.29. The Morgan fingerprint density at radius 1 is 1.13 bits per heavy atom. The average Bonchev–Trinajstić information content (AvgIpc) is 3.18. The second-order valence-corrected chi connectivity index (χ2v) is 9.14. The van der Waals surface area contributed by atoms with Gasteiger partial charge in [0.15, 0.2) is 17.3 Å². The van der Waals surface area contributed by atoms with Crippen molar-refractivity contribution in [3.05, 3.63) is 71.1 Å². The minimum atomic E-state index is -4.68. The van der Waals surface area contributed by atoms with Crippen LogP contribution in [0.3, 0.4) is 0 Å². The lowest BCUT2D eigenvalue weighted by Gasteiger charge is -2.12. The maximum absolute atomic E-state index is 15.0. The molecule has 4 N–H and O–H groups in total. The summed E-state index contributed by atoms with van der Waals surface area (Å²) in [7, 11) is 1.72. The van der Waals surface area contributed by atoms with E-state index in [9.17, 15) is 27.2 Å². The number of carbonyl (C=O) groups excluding carboxylic acids is 2. The molecule has 0 saturated heterocycles. The number of benzene rings is 1. The third-order valence-corrected chi connectivity index (χ3v) is 6.23. The first-order valence-electron chi connectivity index (χ1n) is 11.0. The maximum atomic E-state index is 15.0. The predicted molar refractivity (Wildman–Crippen MR) is 139 cm³/mol. The van der Waals surface area contributed by atoms with Crippen LogP contribution in [-0.4, -0.2) is 39.1 Å². The highest BCUT2D eigenvalue weighted by Crippen LogP contribution is 2.44. The van der Waals surface area contributed by atoms with Gasteiger partial charge in [0.1, 0.15) is 12.4 Å². The van der Waals surface area contributed by atoms with Crippen molar-refractivity contribution < 1.29 is 31.5 Å².